The molecule has 0 saturated carbocycles. The van der Waals surface area contributed by atoms with Crippen LogP contribution in [0.5, 0.6) is 0 Å². The van der Waals surface area contributed by atoms with Gasteiger partial charge in [-0.1, -0.05) is 12.1 Å². The van der Waals surface area contributed by atoms with Gasteiger partial charge >= 0.3 is 11.9 Å². The molecule has 4 nitrogen and oxygen atoms in total. The number of benzene rings is 1. The van der Waals surface area contributed by atoms with E-state index in [1.54, 1.807) is 12.1 Å². The monoisotopic (exact) mass is 256 g/mol. The van der Waals surface area contributed by atoms with Crippen molar-refractivity contribution in [2.45, 2.75) is 12.8 Å². The van der Waals surface area contributed by atoms with Gasteiger partial charge in [-0.15, -0.1) is 11.6 Å². The molecule has 92 valence electrons. The SMILES string of the molecule is O=C(O)c1ccccc1C(=O)OCCCCCl. The Morgan fingerprint density at radius 3 is 2.41 bits per heavy atom. The molecule has 0 radical (unpaired) electrons. The van der Waals surface area contributed by atoms with E-state index in [4.69, 9.17) is 21.4 Å². The fourth-order valence-electron chi connectivity index (χ4n) is 1.29. The molecule has 17 heavy (non-hydrogen) atoms. The number of alkyl halides is 1. The van der Waals surface area contributed by atoms with Crippen molar-refractivity contribution in [2.75, 3.05) is 12.5 Å². The van der Waals surface area contributed by atoms with E-state index in [0.717, 1.165) is 6.42 Å². The minimum absolute atomic E-state index is 0.0464. The Balaban J connectivity index is 2.65. The molecule has 0 atom stereocenters. The number of hydrogen-bond acceptors (Lipinski definition) is 3. The van der Waals surface area contributed by atoms with Gasteiger partial charge in [0, 0.05) is 5.88 Å². The third kappa shape index (κ3) is 4.07. The van der Waals surface area contributed by atoms with Gasteiger partial charge in [0.1, 0.15) is 0 Å². The first-order chi connectivity index (χ1) is 8.16. The molecular formula is C12H13ClO4. The van der Waals surface area contributed by atoms with E-state index in [1.165, 1.54) is 12.1 Å². The molecule has 0 aliphatic carbocycles. The molecule has 0 spiro atoms. The van der Waals surface area contributed by atoms with Gasteiger partial charge in [0.2, 0.25) is 0 Å². The number of aromatic carboxylic acids is 1. The molecule has 0 amide bonds. The third-order valence-corrected chi connectivity index (χ3v) is 2.41. The zero-order valence-electron chi connectivity index (χ0n) is 9.19. The van der Waals surface area contributed by atoms with Gasteiger partial charge in [0.05, 0.1) is 17.7 Å². The number of halogens is 1. The second-order valence-corrected chi connectivity index (χ2v) is 3.76. The minimum Gasteiger partial charge on any atom is -0.478 e. The summed E-state index contributed by atoms with van der Waals surface area (Å²) in [6.07, 6.45) is 1.43. The topological polar surface area (TPSA) is 63.6 Å². The molecule has 1 aromatic rings. The number of hydrogen-bond donors (Lipinski definition) is 1. The van der Waals surface area contributed by atoms with E-state index < -0.39 is 11.9 Å². The molecule has 0 aliphatic rings. The van der Waals surface area contributed by atoms with Crippen molar-refractivity contribution in [3.8, 4) is 0 Å². The van der Waals surface area contributed by atoms with Crippen LogP contribution in [0.1, 0.15) is 33.6 Å². The molecule has 0 aromatic heterocycles. The number of carbonyl (C=O) groups excluding carboxylic acids is 1. The third-order valence-electron chi connectivity index (χ3n) is 2.14. The van der Waals surface area contributed by atoms with Gasteiger partial charge in [0.25, 0.3) is 0 Å². The fraction of sp³-hybridized carbons (Fsp3) is 0.333. The second kappa shape index (κ2) is 6.91. The maximum absolute atomic E-state index is 11.6. The van der Waals surface area contributed by atoms with Crippen molar-refractivity contribution in [1.29, 1.82) is 0 Å². The molecule has 1 aromatic carbocycles. The van der Waals surface area contributed by atoms with E-state index in [-0.39, 0.29) is 17.7 Å². The summed E-state index contributed by atoms with van der Waals surface area (Å²) in [6.45, 7) is 0.250. The lowest BCUT2D eigenvalue weighted by molar-refractivity contribution is 0.0489. The van der Waals surface area contributed by atoms with Crippen molar-refractivity contribution in [3.63, 3.8) is 0 Å². The Morgan fingerprint density at radius 1 is 1.18 bits per heavy atom. The maximum Gasteiger partial charge on any atom is 0.339 e. The van der Waals surface area contributed by atoms with Gasteiger partial charge in [-0.25, -0.2) is 9.59 Å². The summed E-state index contributed by atoms with van der Waals surface area (Å²) in [5.74, 6) is -1.24. The molecule has 1 rings (SSSR count). The predicted octanol–water partition coefficient (Wildman–Crippen LogP) is 2.56. The predicted molar refractivity (Wildman–Crippen MR) is 63.6 cm³/mol. The van der Waals surface area contributed by atoms with Crippen LogP contribution in [0.2, 0.25) is 0 Å². The minimum atomic E-state index is -1.14. The highest BCUT2D eigenvalue weighted by molar-refractivity contribution is 6.17. The highest BCUT2D eigenvalue weighted by Gasteiger charge is 2.16. The average molecular weight is 257 g/mol. The van der Waals surface area contributed by atoms with E-state index in [0.29, 0.717) is 12.3 Å². The first kappa shape index (κ1) is 13.5. The molecule has 0 aliphatic heterocycles. The van der Waals surface area contributed by atoms with Crippen molar-refractivity contribution in [3.05, 3.63) is 35.4 Å². The van der Waals surface area contributed by atoms with E-state index in [2.05, 4.69) is 0 Å². The number of rotatable bonds is 6. The van der Waals surface area contributed by atoms with Gasteiger partial charge < -0.3 is 9.84 Å². The summed E-state index contributed by atoms with van der Waals surface area (Å²) in [5.41, 5.74) is 0.0284. The lowest BCUT2D eigenvalue weighted by Crippen LogP contribution is -2.12. The molecule has 1 N–H and O–H groups in total. The van der Waals surface area contributed by atoms with Gasteiger partial charge in [-0.2, -0.15) is 0 Å². The number of carboxylic acids is 1. The van der Waals surface area contributed by atoms with Gasteiger partial charge in [0.15, 0.2) is 0 Å². The van der Waals surface area contributed by atoms with Gasteiger partial charge in [-0.3, -0.25) is 0 Å². The Kier molecular flexibility index (Phi) is 5.49. The van der Waals surface area contributed by atoms with E-state index >= 15 is 0 Å². The van der Waals surface area contributed by atoms with Crippen LogP contribution >= 0.6 is 11.6 Å². The fourth-order valence-corrected chi connectivity index (χ4v) is 1.48. The van der Waals surface area contributed by atoms with Crippen molar-refractivity contribution in [1.82, 2.24) is 0 Å². The highest BCUT2D eigenvalue weighted by atomic mass is 35.5. The number of carbonyl (C=O) groups is 2. The second-order valence-electron chi connectivity index (χ2n) is 3.38. The number of ether oxygens (including phenoxy) is 1. The van der Waals surface area contributed by atoms with Crippen LogP contribution in [0.15, 0.2) is 24.3 Å². The molecule has 5 heteroatoms. The van der Waals surface area contributed by atoms with Crippen LogP contribution in [0.25, 0.3) is 0 Å². The van der Waals surface area contributed by atoms with Crippen molar-refractivity contribution < 1.29 is 19.4 Å². The highest BCUT2D eigenvalue weighted by Crippen LogP contribution is 2.10. The maximum atomic E-state index is 11.6. The summed E-state index contributed by atoms with van der Waals surface area (Å²) in [4.78, 5) is 22.5. The summed E-state index contributed by atoms with van der Waals surface area (Å²) in [7, 11) is 0. The van der Waals surface area contributed by atoms with Crippen LogP contribution < -0.4 is 0 Å². The Hall–Kier alpha value is -1.55. The number of unbranched alkanes of at least 4 members (excludes halogenated alkanes) is 1. The lowest BCUT2D eigenvalue weighted by Gasteiger charge is -2.06. The molecule has 0 unspecified atom stereocenters. The van der Waals surface area contributed by atoms with Crippen molar-refractivity contribution in [2.24, 2.45) is 0 Å². The summed E-state index contributed by atoms with van der Waals surface area (Å²) < 4.78 is 4.96. The lowest BCUT2D eigenvalue weighted by atomic mass is 10.1. The molecular weight excluding hydrogens is 244 g/mol. The van der Waals surface area contributed by atoms with Crippen molar-refractivity contribution >= 4 is 23.5 Å². The summed E-state index contributed by atoms with van der Waals surface area (Å²) >= 11 is 5.48. The molecule has 0 fully saturated rings. The molecule has 0 heterocycles. The quantitative estimate of drug-likeness (QED) is 0.483. The van der Waals surface area contributed by atoms with E-state index in [1.807, 2.05) is 0 Å². The first-order valence-corrected chi connectivity index (χ1v) is 5.75. The summed E-state index contributed by atoms with van der Waals surface area (Å²) in [5, 5.41) is 8.90. The zero-order chi connectivity index (χ0) is 12.7. The largest absolute Gasteiger partial charge is 0.478 e. The average Bonchev–Trinajstić information content (AvgIpc) is 2.34. The standard InChI is InChI=1S/C12H13ClO4/c13-7-3-4-8-17-12(16)10-6-2-1-5-9(10)11(14)15/h1-2,5-6H,3-4,7-8H2,(H,14,15). The van der Waals surface area contributed by atoms with Crippen LogP contribution in [0, 0.1) is 0 Å². The number of carboxylic acid groups (broad SMARTS) is 1. The van der Waals surface area contributed by atoms with Crippen LogP contribution in [-0.4, -0.2) is 29.5 Å². The smallest absolute Gasteiger partial charge is 0.339 e. The van der Waals surface area contributed by atoms with Gasteiger partial charge in [-0.05, 0) is 25.0 Å². The van der Waals surface area contributed by atoms with Crippen LogP contribution in [-0.2, 0) is 4.74 Å². The Bertz CT molecular complexity index is 403. The normalized spacial score (nSPS) is 9.94. The summed E-state index contributed by atoms with van der Waals surface area (Å²) in [6, 6.07) is 5.97. The zero-order valence-corrected chi connectivity index (χ0v) is 9.94. The Morgan fingerprint density at radius 2 is 1.82 bits per heavy atom. The van der Waals surface area contributed by atoms with Crippen LogP contribution in [0.3, 0.4) is 0 Å². The molecule has 0 bridgehead atoms. The van der Waals surface area contributed by atoms with E-state index in [9.17, 15) is 9.59 Å². The van der Waals surface area contributed by atoms with Crippen LogP contribution in [0.4, 0.5) is 0 Å². The number of esters is 1. The first-order valence-electron chi connectivity index (χ1n) is 5.22. The molecule has 0 saturated heterocycles. The Labute approximate surface area is 104 Å².